The summed E-state index contributed by atoms with van der Waals surface area (Å²) in [5.41, 5.74) is 1.07. The Morgan fingerprint density at radius 1 is 1.41 bits per heavy atom. The van der Waals surface area contributed by atoms with Gasteiger partial charge in [-0.3, -0.25) is 0 Å². The number of benzene rings is 1. The maximum atomic E-state index is 5.70. The van der Waals surface area contributed by atoms with Crippen LogP contribution in [0.3, 0.4) is 0 Å². The molecule has 1 aliphatic heterocycles. The average molecular weight is 231 g/mol. The molecule has 88 valence electrons. The molecule has 0 fully saturated rings. The Labute approximate surface area is 99.8 Å². The van der Waals surface area contributed by atoms with Crippen molar-refractivity contribution in [1.29, 1.82) is 0 Å². The molecule has 4 heteroatoms. The molecule has 4 nitrogen and oxygen atoms in total. The van der Waals surface area contributed by atoms with E-state index < -0.39 is 0 Å². The number of anilines is 1. The van der Waals surface area contributed by atoms with Gasteiger partial charge >= 0.3 is 5.82 Å². The largest absolute Gasteiger partial charge is 0.492 e. The summed E-state index contributed by atoms with van der Waals surface area (Å²) in [4.78, 5) is 0. The van der Waals surface area contributed by atoms with Gasteiger partial charge in [-0.25, -0.2) is 9.88 Å². The van der Waals surface area contributed by atoms with Crippen LogP contribution in [-0.2, 0) is 7.05 Å². The SMILES string of the molecule is COc1cccc2cc3c([n+](C)c12)NC(C)O3. The van der Waals surface area contributed by atoms with Gasteiger partial charge in [0.2, 0.25) is 12.0 Å². The highest BCUT2D eigenvalue weighted by Gasteiger charge is 2.29. The first-order valence-electron chi connectivity index (χ1n) is 5.63. The lowest BCUT2D eigenvalue weighted by atomic mass is 10.2. The molecule has 1 N–H and O–H groups in total. The topological polar surface area (TPSA) is 34.4 Å². The molecule has 2 heterocycles. The van der Waals surface area contributed by atoms with E-state index in [-0.39, 0.29) is 6.23 Å². The molecule has 0 radical (unpaired) electrons. The average Bonchev–Trinajstić information content (AvgIpc) is 2.69. The quantitative estimate of drug-likeness (QED) is 0.760. The fraction of sp³-hybridized carbons (Fsp3) is 0.308. The van der Waals surface area contributed by atoms with Crippen molar-refractivity contribution < 1.29 is 14.0 Å². The number of pyridine rings is 1. The van der Waals surface area contributed by atoms with Crippen LogP contribution in [0.25, 0.3) is 10.9 Å². The third kappa shape index (κ3) is 1.40. The van der Waals surface area contributed by atoms with Crippen molar-refractivity contribution in [2.75, 3.05) is 12.4 Å². The molecule has 1 unspecified atom stereocenters. The number of aryl methyl sites for hydroxylation is 1. The van der Waals surface area contributed by atoms with E-state index in [1.807, 2.05) is 32.2 Å². The first-order valence-corrected chi connectivity index (χ1v) is 5.63. The lowest BCUT2D eigenvalue weighted by Gasteiger charge is -2.07. The van der Waals surface area contributed by atoms with E-state index >= 15 is 0 Å². The summed E-state index contributed by atoms with van der Waals surface area (Å²) in [6.07, 6.45) is 0.0130. The van der Waals surface area contributed by atoms with Gasteiger partial charge in [0, 0.05) is 18.4 Å². The molecule has 3 rings (SSSR count). The molecule has 1 aliphatic rings. The third-order valence-corrected chi connectivity index (χ3v) is 3.08. The zero-order chi connectivity index (χ0) is 12.0. The van der Waals surface area contributed by atoms with E-state index in [0.717, 1.165) is 28.2 Å². The van der Waals surface area contributed by atoms with Crippen LogP contribution >= 0.6 is 0 Å². The Hall–Kier alpha value is -1.97. The number of aromatic nitrogens is 1. The number of hydrogen-bond donors (Lipinski definition) is 1. The number of fused-ring (bicyclic) bond motifs is 2. The van der Waals surface area contributed by atoms with Crippen LogP contribution in [0.1, 0.15) is 6.92 Å². The summed E-state index contributed by atoms with van der Waals surface area (Å²) in [6, 6.07) is 8.06. The second-order valence-corrected chi connectivity index (χ2v) is 4.22. The summed E-state index contributed by atoms with van der Waals surface area (Å²) in [6.45, 7) is 1.99. The van der Waals surface area contributed by atoms with Gasteiger partial charge in [0.15, 0.2) is 11.3 Å². The fourth-order valence-corrected chi connectivity index (χ4v) is 2.34. The van der Waals surface area contributed by atoms with Gasteiger partial charge in [-0.1, -0.05) is 12.1 Å². The van der Waals surface area contributed by atoms with Crippen molar-refractivity contribution in [2.24, 2.45) is 7.05 Å². The number of methoxy groups -OCH3 is 1. The van der Waals surface area contributed by atoms with E-state index in [9.17, 15) is 0 Å². The lowest BCUT2D eigenvalue weighted by molar-refractivity contribution is -0.630. The smallest absolute Gasteiger partial charge is 0.321 e. The van der Waals surface area contributed by atoms with Crippen LogP contribution in [0.4, 0.5) is 5.82 Å². The van der Waals surface area contributed by atoms with E-state index in [1.54, 1.807) is 7.11 Å². The van der Waals surface area contributed by atoms with Gasteiger partial charge in [-0.2, -0.15) is 0 Å². The molecule has 0 amide bonds. The monoisotopic (exact) mass is 231 g/mol. The van der Waals surface area contributed by atoms with E-state index in [4.69, 9.17) is 9.47 Å². The van der Waals surface area contributed by atoms with Gasteiger partial charge in [-0.05, 0) is 6.07 Å². The van der Waals surface area contributed by atoms with Crippen LogP contribution in [0.5, 0.6) is 11.5 Å². The number of rotatable bonds is 1. The van der Waals surface area contributed by atoms with Crippen molar-refractivity contribution in [1.82, 2.24) is 0 Å². The predicted molar refractivity (Wildman–Crippen MR) is 65.4 cm³/mol. The van der Waals surface area contributed by atoms with Crippen LogP contribution in [-0.4, -0.2) is 13.3 Å². The Balaban J connectivity index is 2.35. The maximum Gasteiger partial charge on any atom is 0.321 e. The van der Waals surface area contributed by atoms with Crippen molar-refractivity contribution in [3.05, 3.63) is 24.3 Å². The van der Waals surface area contributed by atoms with Gasteiger partial charge in [0.05, 0.1) is 14.2 Å². The Morgan fingerprint density at radius 3 is 3.00 bits per heavy atom. The number of nitrogens with zero attached hydrogens (tertiary/aromatic N) is 1. The minimum atomic E-state index is 0.0130. The van der Waals surface area contributed by atoms with Crippen LogP contribution in [0, 0.1) is 0 Å². The number of para-hydroxylation sites is 1. The molecule has 0 saturated heterocycles. The summed E-state index contributed by atoms with van der Waals surface area (Å²) in [5.74, 6) is 2.75. The number of hydrogen-bond acceptors (Lipinski definition) is 3. The van der Waals surface area contributed by atoms with E-state index in [0.29, 0.717) is 0 Å². The number of ether oxygens (including phenoxy) is 2. The van der Waals surface area contributed by atoms with Crippen molar-refractivity contribution in [3.63, 3.8) is 0 Å². The first-order chi connectivity index (χ1) is 8.20. The second kappa shape index (κ2) is 3.52. The molecule has 0 aliphatic carbocycles. The molecule has 1 atom stereocenters. The molecule has 0 spiro atoms. The molecule has 0 bridgehead atoms. The van der Waals surface area contributed by atoms with Crippen LogP contribution < -0.4 is 19.4 Å². The Bertz CT molecular complexity index is 595. The van der Waals surface area contributed by atoms with Crippen molar-refractivity contribution >= 4 is 16.7 Å². The van der Waals surface area contributed by atoms with Gasteiger partial charge < -0.3 is 9.47 Å². The first kappa shape index (κ1) is 10.2. The molecule has 1 aromatic carbocycles. The van der Waals surface area contributed by atoms with E-state index in [1.165, 1.54) is 0 Å². The second-order valence-electron chi connectivity index (χ2n) is 4.22. The van der Waals surface area contributed by atoms with Crippen LogP contribution in [0.15, 0.2) is 24.3 Å². The summed E-state index contributed by atoms with van der Waals surface area (Å²) in [5, 5.41) is 4.41. The Kier molecular flexibility index (Phi) is 2.11. The van der Waals surface area contributed by atoms with Crippen LogP contribution in [0.2, 0.25) is 0 Å². The lowest BCUT2D eigenvalue weighted by Crippen LogP contribution is -2.33. The van der Waals surface area contributed by atoms with Gasteiger partial charge in [0.1, 0.15) is 0 Å². The molecule has 17 heavy (non-hydrogen) atoms. The van der Waals surface area contributed by atoms with E-state index in [2.05, 4.69) is 16.0 Å². The maximum absolute atomic E-state index is 5.70. The molecular formula is C13H15N2O2+. The van der Waals surface area contributed by atoms with Crippen molar-refractivity contribution in [2.45, 2.75) is 13.2 Å². The highest BCUT2D eigenvalue weighted by atomic mass is 16.5. The summed E-state index contributed by atoms with van der Waals surface area (Å²) < 4.78 is 13.2. The molecular weight excluding hydrogens is 216 g/mol. The standard InChI is InChI=1S/C13H14N2O2/c1-8-14-13-11(17-8)7-9-5-4-6-10(16-3)12(9)15(13)2/h4-8H,1-3H3/p+1. The number of nitrogens with one attached hydrogen (secondary N) is 1. The highest BCUT2D eigenvalue weighted by molar-refractivity contribution is 5.84. The highest BCUT2D eigenvalue weighted by Crippen LogP contribution is 2.33. The van der Waals surface area contributed by atoms with Crippen molar-refractivity contribution in [3.8, 4) is 11.5 Å². The van der Waals surface area contributed by atoms with Gasteiger partial charge in [0.25, 0.3) is 0 Å². The zero-order valence-electron chi connectivity index (χ0n) is 10.2. The minimum absolute atomic E-state index is 0.0130. The normalized spacial score (nSPS) is 17.5. The minimum Gasteiger partial charge on any atom is -0.492 e. The zero-order valence-corrected chi connectivity index (χ0v) is 10.2. The molecule has 0 saturated carbocycles. The molecule has 2 aromatic rings. The molecule has 1 aromatic heterocycles. The fourth-order valence-electron chi connectivity index (χ4n) is 2.34. The summed E-state index contributed by atoms with van der Waals surface area (Å²) >= 11 is 0. The van der Waals surface area contributed by atoms with Gasteiger partial charge in [-0.15, -0.1) is 0 Å². The third-order valence-electron chi connectivity index (χ3n) is 3.08. The Morgan fingerprint density at radius 2 is 2.24 bits per heavy atom. The predicted octanol–water partition coefficient (Wildman–Crippen LogP) is 1.82. The summed E-state index contributed by atoms with van der Waals surface area (Å²) in [7, 11) is 3.70.